The summed E-state index contributed by atoms with van der Waals surface area (Å²) in [5.41, 5.74) is 5.14. The number of alkyl carbamates (subject to hydrolysis) is 1. The molecule has 0 radical (unpaired) electrons. The lowest BCUT2D eigenvalue weighted by molar-refractivity contribution is 0.132. The minimum absolute atomic E-state index is 0.115. The fourth-order valence-corrected chi connectivity index (χ4v) is 0.549. The van der Waals surface area contributed by atoms with Gasteiger partial charge in [0.05, 0.1) is 0 Å². The van der Waals surface area contributed by atoms with Gasteiger partial charge in [0, 0.05) is 11.6 Å². The second kappa shape index (κ2) is 4.30. The third kappa shape index (κ3) is 7.34. The van der Waals surface area contributed by atoms with E-state index in [2.05, 4.69) is 5.32 Å². The molecule has 0 aromatic rings. The van der Waals surface area contributed by atoms with Crippen LogP contribution in [0, 0.1) is 0 Å². The van der Waals surface area contributed by atoms with Gasteiger partial charge in [-0.25, -0.2) is 4.79 Å². The highest BCUT2D eigenvalue weighted by atomic mass is 16.5. The van der Waals surface area contributed by atoms with E-state index in [9.17, 15) is 4.79 Å². The highest BCUT2D eigenvalue weighted by molar-refractivity contribution is 5.68. The summed E-state index contributed by atoms with van der Waals surface area (Å²) in [6.45, 7) is 7.70. The molecule has 0 aromatic heterocycles. The molecule has 1 amide bonds. The Morgan fingerprint density at radius 3 is 2.42 bits per heavy atom. The van der Waals surface area contributed by atoms with E-state index in [0.717, 1.165) is 0 Å². The van der Waals surface area contributed by atoms with Crippen LogP contribution in [0.25, 0.3) is 0 Å². The summed E-state index contributed by atoms with van der Waals surface area (Å²) < 4.78 is 4.80. The van der Waals surface area contributed by atoms with E-state index >= 15 is 0 Å². The zero-order valence-electron chi connectivity index (χ0n) is 8.18. The van der Waals surface area contributed by atoms with Crippen molar-refractivity contribution in [3.63, 3.8) is 0 Å². The zero-order valence-corrected chi connectivity index (χ0v) is 8.18. The van der Waals surface area contributed by atoms with Gasteiger partial charge in [-0.15, -0.1) is 0 Å². The van der Waals surface area contributed by atoms with Crippen molar-refractivity contribution in [3.8, 4) is 0 Å². The van der Waals surface area contributed by atoms with Gasteiger partial charge >= 0.3 is 6.09 Å². The first kappa shape index (κ1) is 11.2. The Labute approximate surface area is 73.5 Å². The lowest BCUT2D eigenvalue weighted by Gasteiger charge is -2.20. The van der Waals surface area contributed by atoms with Gasteiger partial charge in [-0.3, -0.25) is 0 Å². The number of nitrogens with one attached hydrogen (secondary N) is 1. The van der Waals surface area contributed by atoms with Gasteiger partial charge in [0.1, 0.15) is 6.61 Å². The van der Waals surface area contributed by atoms with Crippen molar-refractivity contribution in [1.82, 2.24) is 5.32 Å². The maximum atomic E-state index is 11.0. The van der Waals surface area contributed by atoms with E-state index in [1.165, 1.54) is 0 Å². The molecule has 0 spiro atoms. The summed E-state index contributed by atoms with van der Waals surface area (Å²) in [5.74, 6) is 0. The molecule has 4 heteroatoms. The van der Waals surface area contributed by atoms with Crippen LogP contribution in [0.1, 0.15) is 27.7 Å². The molecule has 12 heavy (non-hydrogen) atoms. The normalized spacial score (nSPS) is 13.8. The number of carbonyl (C=O) groups is 1. The maximum absolute atomic E-state index is 11.0. The highest BCUT2D eigenvalue weighted by Gasteiger charge is 2.14. The molecule has 4 nitrogen and oxygen atoms in total. The van der Waals surface area contributed by atoms with Crippen molar-refractivity contribution >= 4 is 6.09 Å². The third-order valence-corrected chi connectivity index (χ3v) is 0.954. The second-order valence-corrected chi connectivity index (χ2v) is 3.95. The first-order valence-corrected chi connectivity index (χ1v) is 4.02. The Morgan fingerprint density at radius 1 is 1.58 bits per heavy atom. The van der Waals surface area contributed by atoms with Gasteiger partial charge in [0.15, 0.2) is 0 Å². The minimum Gasteiger partial charge on any atom is -0.448 e. The van der Waals surface area contributed by atoms with Crippen molar-refractivity contribution < 1.29 is 9.53 Å². The molecule has 1 atom stereocenters. The van der Waals surface area contributed by atoms with Gasteiger partial charge in [-0.2, -0.15) is 0 Å². The van der Waals surface area contributed by atoms with Crippen LogP contribution >= 0.6 is 0 Å². The number of amides is 1. The van der Waals surface area contributed by atoms with E-state index in [1.54, 1.807) is 6.92 Å². The monoisotopic (exact) mass is 174 g/mol. The molecule has 0 aliphatic rings. The summed E-state index contributed by atoms with van der Waals surface area (Å²) in [5, 5.41) is 2.66. The summed E-state index contributed by atoms with van der Waals surface area (Å²) in [7, 11) is 0. The molecular formula is C8H18N2O2. The highest BCUT2D eigenvalue weighted by Crippen LogP contribution is 1.98. The molecule has 0 saturated carbocycles. The summed E-state index contributed by atoms with van der Waals surface area (Å²) in [6.07, 6.45) is -0.417. The van der Waals surface area contributed by atoms with E-state index in [-0.39, 0.29) is 18.2 Å². The molecule has 72 valence electrons. The number of rotatable bonds is 2. The summed E-state index contributed by atoms with van der Waals surface area (Å²) in [4.78, 5) is 11.0. The van der Waals surface area contributed by atoms with Crippen molar-refractivity contribution in [1.29, 1.82) is 0 Å². The fourth-order valence-electron chi connectivity index (χ4n) is 0.549. The Bertz CT molecular complexity index is 150. The molecule has 0 aliphatic heterocycles. The molecule has 0 unspecified atom stereocenters. The van der Waals surface area contributed by atoms with Crippen molar-refractivity contribution in [3.05, 3.63) is 0 Å². The molecule has 0 aliphatic carbocycles. The van der Waals surface area contributed by atoms with Gasteiger partial charge < -0.3 is 15.8 Å². The van der Waals surface area contributed by atoms with Gasteiger partial charge in [0.25, 0.3) is 0 Å². The van der Waals surface area contributed by atoms with Crippen LogP contribution in [0.3, 0.4) is 0 Å². The van der Waals surface area contributed by atoms with E-state index < -0.39 is 6.09 Å². The smallest absolute Gasteiger partial charge is 0.407 e. The van der Waals surface area contributed by atoms with E-state index in [1.807, 2.05) is 20.8 Å². The van der Waals surface area contributed by atoms with Crippen LogP contribution in [0.2, 0.25) is 0 Å². The fraction of sp³-hybridized carbons (Fsp3) is 0.875. The van der Waals surface area contributed by atoms with Gasteiger partial charge in [-0.1, -0.05) is 0 Å². The topological polar surface area (TPSA) is 64.3 Å². The number of hydrogen-bond acceptors (Lipinski definition) is 3. The summed E-state index contributed by atoms with van der Waals surface area (Å²) >= 11 is 0. The zero-order chi connectivity index (χ0) is 9.78. The Morgan fingerprint density at radius 2 is 2.08 bits per heavy atom. The lowest BCUT2D eigenvalue weighted by Crippen LogP contribution is -2.42. The Hall–Kier alpha value is -0.770. The average Bonchev–Trinajstić information content (AvgIpc) is 1.79. The molecular weight excluding hydrogens is 156 g/mol. The van der Waals surface area contributed by atoms with Crippen molar-refractivity contribution in [2.24, 2.45) is 5.73 Å². The predicted molar refractivity (Wildman–Crippen MR) is 47.9 cm³/mol. The van der Waals surface area contributed by atoms with Gasteiger partial charge in [-0.05, 0) is 27.7 Å². The first-order valence-electron chi connectivity index (χ1n) is 4.02. The van der Waals surface area contributed by atoms with Crippen LogP contribution in [0.4, 0.5) is 4.79 Å². The summed E-state index contributed by atoms with van der Waals surface area (Å²) in [6, 6.07) is -0.115. The van der Waals surface area contributed by atoms with E-state index in [4.69, 9.17) is 10.5 Å². The van der Waals surface area contributed by atoms with Gasteiger partial charge in [0.2, 0.25) is 0 Å². The standard InChI is InChI=1S/C8H18N2O2/c1-6(9)5-12-7(11)10-8(2,3)4/h6H,5,9H2,1-4H3,(H,10,11)/t6-/m1/s1. The molecule has 0 saturated heterocycles. The van der Waals surface area contributed by atoms with Crippen LogP contribution in [-0.4, -0.2) is 24.3 Å². The van der Waals surface area contributed by atoms with Crippen LogP contribution in [0.5, 0.6) is 0 Å². The SMILES string of the molecule is C[C@@H](N)COC(=O)NC(C)(C)C. The maximum Gasteiger partial charge on any atom is 0.407 e. The number of nitrogens with two attached hydrogens (primary N) is 1. The Kier molecular flexibility index (Phi) is 4.03. The third-order valence-electron chi connectivity index (χ3n) is 0.954. The van der Waals surface area contributed by atoms with Crippen LogP contribution in [0.15, 0.2) is 0 Å². The van der Waals surface area contributed by atoms with Crippen molar-refractivity contribution in [2.45, 2.75) is 39.3 Å². The Balaban J connectivity index is 3.61. The molecule has 3 N–H and O–H groups in total. The second-order valence-electron chi connectivity index (χ2n) is 3.95. The number of ether oxygens (including phenoxy) is 1. The van der Waals surface area contributed by atoms with Crippen LogP contribution in [-0.2, 0) is 4.74 Å². The number of carbonyl (C=O) groups excluding carboxylic acids is 1. The average molecular weight is 174 g/mol. The largest absolute Gasteiger partial charge is 0.448 e. The molecule has 0 aromatic carbocycles. The molecule has 0 heterocycles. The minimum atomic E-state index is -0.417. The first-order chi connectivity index (χ1) is 5.31. The molecule has 0 rings (SSSR count). The number of hydrogen-bond donors (Lipinski definition) is 2. The quantitative estimate of drug-likeness (QED) is 0.652. The van der Waals surface area contributed by atoms with Crippen molar-refractivity contribution in [2.75, 3.05) is 6.61 Å². The molecule has 0 bridgehead atoms. The lowest BCUT2D eigenvalue weighted by atomic mass is 10.1. The molecule has 0 fully saturated rings. The van der Waals surface area contributed by atoms with E-state index in [0.29, 0.717) is 0 Å². The predicted octanol–water partition coefficient (Wildman–Crippen LogP) is 0.858. The van der Waals surface area contributed by atoms with Crippen LogP contribution < -0.4 is 11.1 Å².